The van der Waals surface area contributed by atoms with E-state index < -0.39 is 0 Å². The minimum atomic E-state index is 0.619. The highest BCUT2D eigenvalue weighted by atomic mass is 16.5. The smallest absolute Gasteiger partial charge is 0.123 e. The molecule has 0 unspecified atom stereocenters. The molecule has 0 aliphatic carbocycles. The lowest BCUT2D eigenvalue weighted by molar-refractivity contribution is 0.180. The van der Waals surface area contributed by atoms with Gasteiger partial charge in [0.05, 0.1) is 12.8 Å². The SMILES string of the molecule is COc1ccccc1CN1Cc2ccnn2C[C@@H](CN2CCCC2)C1. The van der Waals surface area contributed by atoms with E-state index in [0.29, 0.717) is 5.92 Å². The number of rotatable bonds is 5. The molecule has 1 saturated heterocycles. The predicted molar refractivity (Wildman–Crippen MR) is 98.5 cm³/mol. The lowest BCUT2D eigenvalue weighted by Crippen LogP contribution is -2.35. The number of fused-ring (bicyclic) bond motifs is 1. The monoisotopic (exact) mass is 340 g/mol. The Morgan fingerprint density at radius 1 is 1.08 bits per heavy atom. The highest BCUT2D eigenvalue weighted by Gasteiger charge is 2.25. The number of likely N-dealkylation sites (tertiary alicyclic amines) is 1. The van der Waals surface area contributed by atoms with Gasteiger partial charge in [-0.1, -0.05) is 18.2 Å². The highest BCUT2D eigenvalue weighted by molar-refractivity contribution is 5.33. The molecular formula is C20H28N4O. The molecule has 0 spiro atoms. The van der Waals surface area contributed by atoms with E-state index in [2.05, 4.69) is 43.8 Å². The fourth-order valence-corrected chi connectivity index (χ4v) is 4.26. The van der Waals surface area contributed by atoms with Crippen LogP contribution in [-0.2, 0) is 19.6 Å². The highest BCUT2D eigenvalue weighted by Crippen LogP contribution is 2.24. The standard InChI is InChI=1S/C20H28N4O/c1-25-20-7-3-2-6-18(20)15-23-13-17(12-22-10-4-5-11-22)14-24-19(16-23)8-9-21-24/h2-3,6-9,17H,4-5,10-16H2,1H3/t17-/m0/s1. The molecule has 2 aromatic rings. The summed E-state index contributed by atoms with van der Waals surface area (Å²) in [6.45, 7) is 7.71. The van der Waals surface area contributed by atoms with Crippen molar-refractivity contribution in [3.63, 3.8) is 0 Å². The molecule has 0 N–H and O–H groups in total. The van der Waals surface area contributed by atoms with Gasteiger partial charge in [-0.05, 0) is 38.1 Å². The third-order valence-electron chi connectivity index (χ3n) is 5.44. The molecule has 4 rings (SSSR count). The summed E-state index contributed by atoms with van der Waals surface area (Å²) in [5.74, 6) is 1.60. The lowest BCUT2D eigenvalue weighted by Gasteiger charge is -2.27. The van der Waals surface area contributed by atoms with Crippen LogP contribution in [0.25, 0.3) is 0 Å². The van der Waals surface area contributed by atoms with Crippen molar-refractivity contribution < 1.29 is 4.74 Å². The zero-order valence-corrected chi connectivity index (χ0v) is 15.1. The van der Waals surface area contributed by atoms with Gasteiger partial charge in [0.15, 0.2) is 0 Å². The Morgan fingerprint density at radius 2 is 1.92 bits per heavy atom. The summed E-state index contributed by atoms with van der Waals surface area (Å²) in [6, 6.07) is 10.5. The lowest BCUT2D eigenvalue weighted by atomic mass is 10.1. The average Bonchev–Trinajstić information content (AvgIpc) is 3.25. The van der Waals surface area contributed by atoms with Gasteiger partial charge in [0.2, 0.25) is 0 Å². The molecule has 0 saturated carbocycles. The van der Waals surface area contributed by atoms with Gasteiger partial charge in [-0.3, -0.25) is 9.58 Å². The summed E-state index contributed by atoms with van der Waals surface area (Å²) in [4.78, 5) is 5.18. The fourth-order valence-electron chi connectivity index (χ4n) is 4.26. The first-order valence-corrected chi connectivity index (χ1v) is 9.39. The number of para-hydroxylation sites is 1. The minimum absolute atomic E-state index is 0.619. The van der Waals surface area contributed by atoms with Crippen molar-refractivity contribution in [3.05, 3.63) is 47.8 Å². The Kier molecular flexibility index (Phi) is 5.04. The number of methoxy groups -OCH3 is 1. The van der Waals surface area contributed by atoms with Crippen LogP contribution in [-0.4, -0.2) is 52.9 Å². The third kappa shape index (κ3) is 3.88. The van der Waals surface area contributed by atoms with E-state index >= 15 is 0 Å². The van der Waals surface area contributed by atoms with E-state index in [1.807, 2.05) is 12.3 Å². The van der Waals surface area contributed by atoms with Crippen LogP contribution in [0.2, 0.25) is 0 Å². The van der Waals surface area contributed by atoms with E-state index in [4.69, 9.17) is 4.74 Å². The number of ether oxygens (including phenoxy) is 1. The molecule has 2 aliphatic rings. The molecule has 134 valence electrons. The Bertz CT molecular complexity index is 693. The largest absolute Gasteiger partial charge is 0.496 e. The van der Waals surface area contributed by atoms with Crippen LogP contribution in [0.1, 0.15) is 24.1 Å². The predicted octanol–water partition coefficient (Wildman–Crippen LogP) is 2.62. The maximum absolute atomic E-state index is 5.55. The maximum Gasteiger partial charge on any atom is 0.123 e. The molecule has 5 nitrogen and oxygen atoms in total. The molecule has 5 heteroatoms. The fraction of sp³-hybridized carbons (Fsp3) is 0.550. The third-order valence-corrected chi connectivity index (χ3v) is 5.44. The molecule has 0 radical (unpaired) electrons. The second-order valence-corrected chi connectivity index (χ2v) is 7.36. The molecule has 0 amide bonds. The Hall–Kier alpha value is -1.85. The van der Waals surface area contributed by atoms with Crippen molar-refractivity contribution in [1.82, 2.24) is 19.6 Å². The zero-order valence-electron chi connectivity index (χ0n) is 15.1. The Morgan fingerprint density at radius 3 is 2.76 bits per heavy atom. The Balaban J connectivity index is 1.52. The second-order valence-electron chi connectivity index (χ2n) is 7.36. The topological polar surface area (TPSA) is 33.5 Å². The molecule has 1 aromatic heterocycles. The van der Waals surface area contributed by atoms with Crippen LogP contribution >= 0.6 is 0 Å². The molecule has 1 aromatic carbocycles. The van der Waals surface area contributed by atoms with Gasteiger partial charge in [-0.25, -0.2) is 0 Å². The van der Waals surface area contributed by atoms with E-state index in [9.17, 15) is 0 Å². The summed E-state index contributed by atoms with van der Waals surface area (Å²) in [5.41, 5.74) is 2.58. The van der Waals surface area contributed by atoms with Crippen LogP contribution in [0.15, 0.2) is 36.5 Å². The molecule has 1 atom stereocenters. The summed E-state index contributed by atoms with van der Waals surface area (Å²) in [6.07, 6.45) is 4.64. The molecule has 0 bridgehead atoms. The number of aromatic nitrogens is 2. The van der Waals surface area contributed by atoms with Crippen molar-refractivity contribution in [2.45, 2.75) is 32.5 Å². The summed E-state index contributed by atoms with van der Waals surface area (Å²) in [5, 5.41) is 4.56. The Labute approximate surface area is 150 Å². The van der Waals surface area contributed by atoms with Gasteiger partial charge in [0, 0.05) is 50.4 Å². The zero-order chi connectivity index (χ0) is 17.1. The van der Waals surface area contributed by atoms with Gasteiger partial charge >= 0.3 is 0 Å². The van der Waals surface area contributed by atoms with Crippen LogP contribution in [0.5, 0.6) is 5.75 Å². The van der Waals surface area contributed by atoms with Crippen LogP contribution in [0.4, 0.5) is 0 Å². The molecule has 25 heavy (non-hydrogen) atoms. The quantitative estimate of drug-likeness (QED) is 0.838. The maximum atomic E-state index is 5.55. The number of nitrogens with zero attached hydrogens (tertiary/aromatic N) is 4. The van der Waals surface area contributed by atoms with Crippen molar-refractivity contribution in [2.75, 3.05) is 33.3 Å². The summed E-state index contributed by atoms with van der Waals surface area (Å²) >= 11 is 0. The van der Waals surface area contributed by atoms with Gasteiger partial charge in [-0.15, -0.1) is 0 Å². The van der Waals surface area contributed by atoms with E-state index in [1.165, 1.54) is 43.7 Å². The first kappa shape index (κ1) is 16.6. The van der Waals surface area contributed by atoms with Crippen LogP contribution < -0.4 is 4.74 Å². The first-order chi connectivity index (χ1) is 12.3. The number of hydrogen-bond donors (Lipinski definition) is 0. The molecule has 1 fully saturated rings. The van der Waals surface area contributed by atoms with Crippen molar-refractivity contribution >= 4 is 0 Å². The van der Waals surface area contributed by atoms with Crippen LogP contribution in [0.3, 0.4) is 0 Å². The van der Waals surface area contributed by atoms with Crippen molar-refractivity contribution in [1.29, 1.82) is 0 Å². The summed E-state index contributed by atoms with van der Waals surface area (Å²) < 4.78 is 7.77. The first-order valence-electron chi connectivity index (χ1n) is 9.39. The average molecular weight is 340 g/mol. The minimum Gasteiger partial charge on any atom is -0.496 e. The van der Waals surface area contributed by atoms with Gasteiger partial charge in [-0.2, -0.15) is 5.10 Å². The number of hydrogen-bond acceptors (Lipinski definition) is 4. The van der Waals surface area contributed by atoms with Crippen molar-refractivity contribution in [3.8, 4) is 5.75 Å². The van der Waals surface area contributed by atoms with Crippen molar-refractivity contribution in [2.24, 2.45) is 5.92 Å². The summed E-state index contributed by atoms with van der Waals surface area (Å²) in [7, 11) is 1.76. The van der Waals surface area contributed by atoms with E-state index in [-0.39, 0.29) is 0 Å². The molecule has 3 heterocycles. The van der Waals surface area contributed by atoms with E-state index in [0.717, 1.165) is 31.9 Å². The van der Waals surface area contributed by atoms with Gasteiger partial charge in [0.25, 0.3) is 0 Å². The van der Waals surface area contributed by atoms with Crippen LogP contribution in [0, 0.1) is 5.92 Å². The second kappa shape index (κ2) is 7.58. The number of benzene rings is 1. The molecular weight excluding hydrogens is 312 g/mol. The van der Waals surface area contributed by atoms with Gasteiger partial charge in [0.1, 0.15) is 5.75 Å². The van der Waals surface area contributed by atoms with E-state index in [1.54, 1.807) is 7.11 Å². The molecule has 2 aliphatic heterocycles. The van der Waals surface area contributed by atoms with Gasteiger partial charge < -0.3 is 9.64 Å². The normalized spacial score (nSPS) is 21.9.